The molecule has 2 fully saturated rings. The molecule has 5 heterocycles. The van der Waals surface area contributed by atoms with Crippen LogP contribution in [0.3, 0.4) is 0 Å². The number of methoxy groups -OCH3 is 1. The van der Waals surface area contributed by atoms with Crippen molar-refractivity contribution in [2.75, 3.05) is 13.7 Å². The standard InChI is InChI=1S/C55H79N4O6.Mg/c1-13-39-34(7)41-29-46-48(38(11)60)36(9)43(57-46)27-42-35(8)40(52(58-42)50-51(55(63)64-12)54(62)49-37(10)44(59-53(49)50)28-45(39)56-41)23-24-47(61)65-26-25-33(6)22-16-21-32(5)20-15-19-31(4)18-14-17-30(2)3;/h25,27-32,34-35,39-40,47,51-52,61H,13-24,26H2,1-12H3,(H2-,56,57,60,62);/q-3;+2/p-1/b33-25+,42-27-,45-28-;/t31-,32-,34-,35+,39-,40+,47?,51-,52-;/m1./s1. The van der Waals surface area contributed by atoms with Crippen molar-refractivity contribution in [1.29, 1.82) is 0 Å². The van der Waals surface area contributed by atoms with Gasteiger partial charge in [-0.1, -0.05) is 152 Å². The van der Waals surface area contributed by atoms with Crippen molar-refractivity contribution in [3.8, 4) is 0 Å². The second-order valence-corrected chi connectivity index (χ2v) is 20.5. The predicted molar refractivity (Wildman–Crippen MR) is 269 cm³/mol. The Bertz CT molecular complexity index is 2290. The second-order valence-electron chi connectivity index (χ2n) is 20.5. The maximum atomic E-state index is 13.7. The number of carbonyl (C=O) groups is 2. The van der Waals surface area contributed by atoms with Crippen molar-refractivity contribution in [2.24, 2.45) is 47.3 Å². The van der Waals surface area contributed by atoms with E-state index in [-0.39, 0.29) is 58.3 Å². The van der Waals surface area contributed by atoms with E-state index in [1.165, 1.54) is 57.6 Å². The summed E-state index contributed by atoms with van der Waals surface area (Å²) in [7, 11) is 1.33. The largest absolute Gasteiger partial charge is 2.00 e. The average Bonchev–Trinajstić information content (AvgIpc) is 4.00. The van der Waals surface area contributed by atoms with Crippen LogP contribution >= 0.6 is 0 Å². The third-order valence-corrected chi connectivity index (χ3v) is 15.1. The van der Waals surface area contributed by atoms with Crippen molar-refractivity contribution in [3.05, 3.63) is 83.7 Å². The van der Waals surface area contributed by atoms with E-state index in [0.29, 0.717) is 58.2 Å². The average molecular weight is 916 g/mol. The summed E-state index contributed by atoms with van der Waals surface area (Å²) in [5, 5.41) is 34.7. The van der Waals surface area contributed by atoms with Crippen molar-refractivity contribution in [3.63, 3.8) is 0 Å². The minimum atomic E-state index is -1.08. The maximum absolute atomic E-state index is 13.7. The topological polar surface area (TPSA) is 149 Å². The van der Waals surface area contributed by atoms with Crippen molar-refractivity contribution in [1.82, 2.24) is 9.97 Å². The minimum absolute atomic E-state index is 0. The molecule has 6 rings (SSSR count). The van der Waals surface area contributed by atoms with E-state index in [2.05, 4.69) is 61.5 Å². The second kappa shape index (κ2) is 23.7. The molecule has 0 amide bonds. The number of nitrogens with zero attached hydrogens (tertiary/aromatic N) is 4. The first-order chi connectivity index (χ1) is 30.9. The third-order valence-electron chi connectivity index (χ3n) is 15.1. The monoisotopic (exact) mass is 915 g/mol. The van der Waals surface area contributed by atoms with Gasteiger partial charge < -0.3 is 40.3 Å². The van der Waals surface area contributed by atoms with Crippen molar-refractivity contribution < 1.29 is 29.3 Å². The quantitative estimate of drug-likeness (QED) is 0.0413. The first kappa shape index (κ1) is 53.4. The fourth-order valence-electron chi connectivity index (χ4n) is 11.0. The molecular weight excluding hydrogens is 837 g/mol. The minimum Gasteiger partial charge on any atom is -0.681 e. The maximum Gasteiger partial charge on any atom is 2.00 e. The van der Waals surface area contributed by atoms with Gasteiger partial charge in [-0.3, -0.25) is 9.59 Å². The van der Waals surface area contributed by atoms with Gasteiger partial charge in [-0.15, -0.1) is 22.4 Å². The Morgan fingerprint density at radius 1 is 0.818 bits per heavy atom. The van der Waals surface area contributed by atoms with Crippen LogP contribution in [-0.4, -0.2) is 71.1 Å². The number of fused-ring (bicyclic) bond motifs is 8. The number of hydrogen-bond donors (Lipinski definition) is 2. The summed E-state index contributed by atoms with van der Waals surface area (Å²) < 4.78 is 11.3. The summed E-state index contributed by atoms with van der Waals surface area (Å²) in [5.74, 6) is 0.398. The van der Waals surface area contributed by atoms with Crippen LogP contribution < -0.4 is 20.5 Å². The van der Waals surface area contributed by atoms with E-state index in [1.54, 1.807) is 6.92 Å². The molecule has 66 heavy (non-hydrogen) atoms. The van der Waals surface area contributed by atoms with Gasteiger partial charge in [-0.05, 0) is 94.8 Å². The van der Waals surface area contributed by atoms with Gasteiger partial charge in [0.25, 0.3) is 0 Å². The van der Waals surface area contributed by atoms with Crippen LogP contribution in [0.5, 0.6) is 0 Å². The summed E-state index contributed by atoms with van der Waals surface area (Å²) in [5.41, 5.74) is 8.41. The van der Waals surface area contributed by atoms with Gasteiger partial charge in [-0.25, -0.2) is 0 Å². The predicted octanol–water partition coefficient (Wildman–Crippen LogP) is 11.0. The van der Waals surface area contributed by atoms with E-state index in [4.69, 9.17) is 30.1 Å². The zero-order chi connectivity index (χ0) is 47.3. The SMILES string of the molecule is CC[C@H]1/C2=C/c3[n-]c4c(c3C)=C(O)[C@H](C(=O)OC)C=4[C@@H]3[N-]/C(=C\c4[n-]c(c(C(C)=O)c4C)/C=C(\[N-]2)[C@@H]1C)[C@@H](C)[C@@H]3CCC(O)OC/C=C(\C)CCC[C@H](C)CCC[C@H](C)CCCC(C)C.[Mg+2]. The zero-order valence-corrected chi connectivity index (χ0v) is 43.7. The molecule has 0 radical (unpaired) electrons. The normalized spacial score (nSPS) is 26.1. The molecule has 11 heteroatoms. The Morgan fingerprint density at radius 3 is 2.08 bits per heavy atom. The molecule has 0 aromatic carbocycles. The molecule has 3 aliphatic heterocycles. The summed E-state index contributed by atoms with van der Waals surface area (Å²) in [4.78, 5) is 37.1. The third kappa shape index (κ3) is 12.0. The molecular formula is C55H78MgN4O6-2. The van der Waals surface area contributed by atoms with Crippen molar-refractivity contribution >= 4 is 64.4 Å². The van der Waals surface area contributed by atoms with Gasteiger partial charge >= 0.3 is 29.0 Å². The molecule has 0 spiro atoms. The van der Waals surface area contributed by atoms with Crippen LogP contribution in [0.2, 0.25) is 0 Å². The fourth-order valence-corrected chi connectivity index (χ4v) is 11.0. The molecule has 9 atom stereocenters. The molecule has 2 aromatic heterocycles. The number of aliphatic hydroxyl groups excluding tert-OH is 2. The zero-order valence-electron chi connectivity index (χ0n) is 42.3. The van der Waals surface area contributed by atoms with Crippen LogP contribution in [0.1, 0.15) is 178 Å². The van der Waals surface area contributed by atoms with Gasteiger partial charge in [0, 0.05) is 10.8 Å². The first-order valence-electron chi connectivity index (χ1n) is 24.8. The van der Waals surface area contributed by atoms with Crippen molar-refractivity contribution in [2.45, 2.75) is 166 Å². The van der Waals surface area contributed by atoms with Gasteiger partial charge in [0.1, 0.15) is 11.7 Å². The van der Waals surface area contributed by atoms with Crippen LogP contribution in [0.25, 0.3) is 40.2 Å². The van der Waals surface area contributed by atoms with Crippen LogP contribution in [-0.2, 0) is 14.3 Å². The van der Waals surface area contributed by atoms with Gasteiger partial charge in [0.15, 0.2) is 12.1 Å². The van der Waals surface area contributed by atoms with Crippen LogP contribution in [0, 0.1) is 61.2 Å². The smallest absolute Gasteiger partial charge is 0.681 e. The molecule has 2 saturated heterocycles. The number of ketones is 1. The number of rotatable bonds is 21. The van der Waals surface area contributed by atoms with Crippen LogP contribution in [0.4, 0.5) is 0 Å². The summed E-state index contributed by atoms with van der Waals surface area (Å²) in [6, 6.07) is -0.575. The molecule has 2 N–H and O–H groups in total. The fraction of sp³-hybridized carbons (Fsp3) is 0.636. The Kier molecular flexibility index (Phi) is 19.2. The number of hydrogen-bond acceptors (Lipinski definition) is 6. The van der Waals surface area contributed by atoms with E-state index in [0.717, 1.165) is 65.2 Å². The first-order valence-corrected chi connectivity index (χ1v) is 24.8. The molecule has 10 nitrogen and oxygen atoms in total. The number of Topliss-reactive ketones (excluding diaryl/α,β-unsaturated/α-hetero) is 1. The van der Waals surface area contributed by atoms with Gasteiger partial charge in [0.05, 0.1) is 13.7 Å². The van der Waals surface area contributed by atoms with Gasteiger partial charge in [-0.2, -0.15) is 17.1 Å². The Morgan fingerprint density at radius 2 is 1.44 bits per heavy atom. The molecule has 0 saturated carbocycles. The molecule has 1 aliphatic carbocycles. The summed E-state index contributed by atoms with van der Waals surface area (Å²) >= 11 is 0. The number of ether oxygens (including phenoxy) is 2. The van der Waals surface area contributed by atoms with E-state index in [1.807, 2.05) is 32.1 Å². The number of allylic oxidation sites excluding steroid dienone is 4. The number of esters is 1. The Balaban J connectivity index is 0.00000817. The number of aliphatic hydroxyl groups is 2. The molecule has 4 aliphatic rings. The molecule has 358 valence electrons. The molecule has 1 unspecified atom stereocenters. The Labute approximate surface area is 411 Å². The number of carbonyl (C=O) groups excluding carboxylic acids is 2. The summed E-state index contributed by atoms with van der Waals surface area (Å²) in [6.45, 7) is 23.7. The van der Waals surface area contributed by atoms with Gasteiger partial charge in [0.2, 0.25) is 0 Å². The summed E-state index contributed by atoms with van der Waals surface area (Å²) in [6.07, 6.45) is 20.1. The molecule has 8 bridgehead atoms. The van der Waals surface area contributed by atoms with E-state index >= 15 is 0 Å². The van der Waals surface area contributed by atoms with Crippen LogP contribution in [0.15, 0.2) is 28.7 Å². The van der Waals surface area contributed by atoms with E-state index in [9.17, 15) is 19.8 Å². The van der Waals surface area contributed by atoms with E-state index < -0.39 is 24.2 Å². The Hall–Kier alpha value is -3.51. The molecule has 2 aromatic rings. The number of aromatic nitrogens is 2.